The molecule has 0 unspecified atom stereocenters. The molecule has 7 nitrogen and oxygen atoms in total. The maximum absolute atomic E-state index is 12.9. The van der Waals surface area contributed by atoms with Gasteiger partial charge in [0.2, 0.25) is 5.91 Å². The minimum absolute atomic E-state index is 0.148. The summed E-state index contributed by atoms with van der Waals surface area (Å²) in [5.74, 6) is -0.821. The van der Waals surface area contributed by atoms with Crippen molar-refractivity contribution >= 4 is 34.1 Å². The Morgan fingerprint density at radius 3 is 2.52 bits per heavy atom. The van der Waals surface area contributed by atoms with Crippen LogP contribution in [-0.2, 0) is 16.1 Å². The van der Waals surface area contributed by atoms with Crippen LogP contribution >= 0.6 is 0 Å². The summed E-state index contributed by atoms with van der Waals surface area (Å²) in [5.41, 5.74) is 2.56. The standard InChI is InChI=1S/C22H19N3O4/c1-2-29-22(28)15-7-5-8-16(13-15)23-20(26)14-25-18-10-4-3-9-17(18)24-12-6-11-19(24)21(25)27/h3-13H,2,14H2,1H3,(H,23,26). The van der Waals surface area contributed by atoms with Gasteiger partial charge in [0.15, 0.2) is 0 Å². The lowest BCUT2D eigenvalue weighted by molar-refractivity contribution is -0.116. The predicted molar refractivity (Wildman–Crippen MR) is 110 cm³/mol. The van der Waals surface area contributed by atoms with E-state index in [2.05, 4.69) is 5.32 Å². The smallest absolute Gasteiger partial charge is 0.338 e. The van der Waals surface area contributed by atoms with Gasteiger partial charge in [-0.1, -0.05) is 18.2 Å². The molecule has 0 saturated heterocycles. The second-order valence-corrected chi connectivity index (χ2v) is 6.49. The fourth-order valence-corrected chi connectivity index (χ4v) is 3.35. The highest BCUT2D eigenvalue weighted by Gasteiger charge is 2.14. The first kappa shape index (κ1) is 18.5. The first-order chi connectivity index (χ1) is 14.1. The van der Waals surface area contributed by atoms with Gasteiger partial charge in [0.25, 0.3) is 5.56 Å². The number of carbonyl (C=O) groups excluding carboxylic acids is 2. The summed E-state index contributed by atoms with van der Waals surface area (Å²) in [5, 5.41) is 2.75. The van der Waals surface area contributed by atoms with E-state index in [4.69, 9.17) is 4.74 Å². The average molecular weight is 389 g/mol. The van der Waals surface area contributed by atoms with Crippen molar-refractivity contribution < 1.29 is 14.3 Å². The number of fused-ring (bicyclic) bond motifs is 3. The minimum atomic E-state index is -0.454. The van der Waals surface area contributed by atoms with Gasteiger partial charge < -0.3 is 14.5 Å². The van der Waals surface area contributed by atoms with Gasteiger partial charge in [0.1, 0.15) is 12.1 Å². The zero-order valence-electron chi connectivity index (χ0n) is 15.8. The number of rotatable bonds is 5. The number of carbonyl (C=O) groups is 2. The molecule has 2 aromatic carbocycles. The molecule has 0 aliphatic rings. The summed E-state index contributed by atoms with van der Waals surface area (Å²) in [4.78, 5) is 37.5. The molecule has 0 fully saturated rings. The number of amides is 1. The topological polar surface area (TPSA) is 81.8 Å². The molecule has 1 N–H and O–H groups in total. The predicted octanol–water partition coefficient (Wildman–Crippen LogP) is 3.07. The monoisotopic (exact) mass is 389 g/mol. The third-order valence-corrected chi connectivity index (χ3v) is 4.60. The fraction of sp³-hybridized carbons (Fsp3) is 0.136. The Morgan fingerprint density at radius 1 is 0.966 bits per heavy atom. The third-order valence-electron chi connectivity index (χ3n) is 4.60. The first-order valence-corrected chi connectivity index (χ1v) is 9.24. The summed E-state index contributed by atoms with van der Waals surface area (Å²) < 4.78 is 8.25. The second kappa shape index (κ2) is 7.63. The highest BCUT2D eigenvalue weighted by atomic mass is 16.5. The Bertz CT molecular complexity index is 1290. The Kier molecular flexibility index (Phi) is 4.87. The molecule has 0 aliphatic heterocycles. The van der Waals surface area contributed by atoms with Crippen LogP contribution in [0.3, 0.4) is 0 Å². The summed E-state index contributed by atoms with van der Waals surface area (Å²) in [6, 6.07) is 17.5. The molecule has 0 bridgehead atoms. The second-order valence-electron chi connectivity index (χ2n) is 6.49. The van der Waals surface area contributed by atoms with Crippen molar-refractivity contribution in [2.45, 2.75) is 13.5 Å². The SMILES string of the molecule is CCOC(=O)c1cccc(NC(=O)Cn2c(=O)c3cccn3c3ccccc32)c1. The summed E-state index contributed by atoms with van der Waals surface area (Å²) in [6.07, 6.45) is 1.82. The Hall–Kier alpha value is -3.87. The van der Waals surface area contributed by atoms with Crippen molar-refractivity contribution in [3.8, 4) is 0 Å². The zero-order chi connectivity index (χ0) is 20.4. The molecule has 0 spiro atoms. The number of hydrogen-bond donors (Lipinski definition) is 1. The Balaban J connectivity index is 1.65. The summed E-state index contributed by atoms with van der Waals surface area (Å²) in [6.45, 7) is 1.85. The Morgan fingerprint density at radius 2 is 1.72 bits per heavy atom. The number of benzene rings is 2. The lowest BCUT2D eigenvalue weighted by Crippen LogP contribution is -2.29. The highest BCUT2D eigenvalue weighted by Crippen LogP contribution is 2.16. The van der Waals surface area contributed by atoms with E-state index in [1.54, 1.807) is 43.3 Å². The number of ether oxygens (including phenoxy) is 1. The molecule has 0 radical (unpaired) electrons. The number of esters is 1. The van der Waals surface area contributed by atoms with Gasteiger partial charge in [-0.15, -0.1) is 0 Å². The molecule has 2 heterocycles. The van der Waals surface area contributed by atoms with Crippen LogP contribution in [0.4, 0.5) is 5.69 Å². The van der Waals surface area contributed by atoms with Gasteiger partial charge in [-0.05, 0) is 49.4 Å². The van der Waals surface area contributed by atoms with Gasteiger partial charge in [0, 0.05) is 11.9 Å². The van der Waals surface area contributed by atoms with E-state index >= 15 is 0 Å². The van der Waals surface area contributed by atoms with Crippen molar-refractivity contribution in [3.63, 3.8) is 0 Å². The fourth-order valence-electron chi connectivity index (χ4n) is 3.35. The average Bonchev–Trinajstić information content (AvgIpc) is 3.22. The Labute approximate surface area is 166 Å². The lowest BCUT2D eigenvalue weighted by atomic mass is 10.2. The lowest BCUT2D eigenvalue weighted by Gasteiger charge is -2.13. The van der Waals surface area contributed by atoms with Gasteiger partial charge in [-0.3, -0.25) is 14.2 Å². The van der Waals surface area contributed by atoms with Crippen LogP contribution < -0.4 is 10.9 Å². The van der Waals surface area contributed by atoms with Crippen LogP contribution in [0.25, 0.3) is 16.6 Å². The van der Waals surface area contributed by atoms with Crippen LogP contribution in [0.1, 0.15) is 17.3 Å². The highest BCUT2D eigenvalue weighted by molar-refractivity contribution is 5.95. The van der Waals surface area contributed by atoms with Crippen LogP contribution in [-0.4, -0.2) is 27.5 Å². The number of para-hydroxylation sites is 2. The largest absolute Gasteiger partial charge is 0.462 e. The molecule has 29 heavy (non-hydrogen) atoms. The van der Waals surface area contributed by atoms with E-state index in [0.717, 1.165) is 5.52 Å². The number of nitrogens with zero attached hydrogens (tertiary/aromatic N) is 2. The zero-order valence-corrected chi connectivity index (χ0v) is 15.8. The molecule has 0 atom stereocenters. The van der Waals surface area contributed by atoms with Crippen molar-refractivity contribution in [1.82, 2.24) is 8.97 Å². The number of nitrogens with one attached hydrogen (secondary N) is 1. The maximum atomic E-state index is 12.9. The van der Waals surface area contributed by atoms with Crippen molar-refractivity contribution in [2.75, 3.05) is 11.9 Å². The first-order valence-electron chi connectivity index (χ1n) is 9.24. The van der Waals surface area contributed by atoms with E-state index in [1.165, 1.54) is 4.57 Å². The molecule has 4 rings (SSSR count). The molecular formula is C22H19N3O4. The van der Waals surface area contributed by atoms with E-state index in [-0.39, 0.29) is 24.6 Å². The minimum Gasteiger partial charge on any atom is -0.462 e. The maximum Gasteiger partial charge on any atom is 0.338 e. The van der Waals surface area contributed by atoms with E-state index < -0.39 is 5.97 Å². The van der Waals surface area contributed by atoms with Crippen LogP contribution in [0.2, 0.25) is 0 Å². The van der Waals surface area contributed by atoms with E-state index in [1.807, 2.05) is 34.9 Å². The molecule has 2 aromatic heterocycles. The van der Waals surface area contributed by atoms with Crippen molar-refractivity contribution in [3.05, 3.63) is 82.8 Å². The quantitative estimate of drug-likeness (QED) is 0.532. The van der Waals surface area contributed by atoms with E-state index in [9.17, 15) is 14.4 Å². The normalized spacial score (nSPS) is 10.9. The van der Waals surface area contributed by atoms with Gasteiger partial charge in [-0.2, -0.15) is 0 Å². The van der Waals surface area contributed by atoms with Crippen LogP contribution in [0.15, 0.2) is 71.7 Å². The van der Waals surface area contributed by atoms with Gasteiger partial charge in [-0.25, -0.2) is 4.79 Å². The van der Waals surface area contributed by atoms with Gasteiger partial charge >= 0.3 is 5.97 Å². The van der Waals surface area contributed by atoms with Crippen LogP contribution in [0.5, 0.6) is 0 Å². The molecule has 146 valence electrons. The molecule has 0 aliphatic carbocycles. The summed E-state index contributed by atoms with van der Waals surface area (Å²) in [7, 11) is 0. The summed E-state index contributed by atoms with van der Waals surface area (Å²) >= 11 is 0. The molecule has 0 saturated carbocycles. The van der Waals surface area contributed by atoms with Crippen molar-refractivity contribution in [2.24, 2.45) is 0 Å². The molecular weight excluding hydrogens is 370 g/mol. The third kappa shape index (κ3) is 3.50. The number of aromatic nitrogens is 2. The number of hydrogen-bond acceptors (Lipinski definition) is 4. The van der Waals surface area contributed by atoms with E-state index in [0.29, 0.717) is 22.3 Å². The molecule has 7 heteroatoms. The molecule has 1 amide bonds. The molecule has 4 aromatic rings. The van der Waals surface area contributed by atoms with Crippen molar-refractivity contribution in [1.29, 1.82) is 0 Å². The van der Waals surface area contributed by atoms with Crippen LogP contribution in [0, 0.1) is 0 Å². The number of anilines is 1. The van der Waals surface area contributed by atoms with Gasteiger partial charge in [0.05, 0.1) is 23.2 Å².